The number of rotatable bonds is 7. The van der Waals surface area contributed by atoms with Gasteiger partial charge in [0.2, 0.25) is 5.91 Å². The summed E-state index contributed by atoms with van der Waals surface area (Å²) in [6.45, 7) is 1.55. The molecular formula is C10H17N3O6. The number of carbonyl (C=O) groups excluding carboxylic acids is 2. The van der Waals surface area contributed by atoms with Crippen LogP contribution in [0, 0.1) is 0 Å². The molecule has 0 aromatic carbocycles. The molecule has 0 aliphatic rings. The van der Waals surface area contributed by atoms with E-state index in [1.165, 1.54) is 7.05 Å². The first-order valence-corrected chi connectivity index (χ1v) is 5.52. The summed E-state index contributed by atoms with van der Waals surface area (Å²) in [4.78, 5) is 45.2. The normalized spacial score (nSPS) is 11.3. The molecule has 0 aromatic rings. The van der Waals surface area contributed by atoms with Crippen LogP contribution in [0.5, 0.6) is 0 Å². The van der Waals surface area contributed by atoms with Crippen molar-refractivity contribution in [1.82, 2.24) is 15.5 Å². The molecule has 1 unspecified atom stereocenters. The average molecular weight is 275 g/mol. The van der Waals surface area contributed by atoms with Gasteiger partial charge in [0, 0.05) is 13.6 Å². The van der Waals surface area contributed by atoms with Gasteiger partial charge in [-0.25, -0.2) is 9.59 Å². The first kappa shape index (κ1) is 16.7. The maximum atomic E-state index is 11.7. The Labute approximate surface area is 109 Å². The van der Waals surface area contributed by atoms with Crippen molar-refractivity contribution in [3.63, 3.8) is 0 Å². The molecule has 0 saturated carbocycles. The van der Waals surface area contributed by atoms with Gasteiger partial charge in [0.15, 0.2) is 0 Å². The van der Waals surface area contributed by atoms with E-state index < -0.39 is 36.3 Å². The van der Waals surface area contributed by atoms with Crippen molar-refractivity contribution in [2.45, 2.75) is 19.4 Å². The van der Waals surface area contributed by atoms with Crippen LogP contribution in [0.4, 0.5) is 4.79 Å². The number of aliphatic carboxylic acids is 2. The largest absolute Gasteiger partial charge is 0.481 e. The van der Waals surface area contributed by atoms with Gasteiger partial charge in [0.1, 0.15) is 12.6 Å². The fourth-order valence-electron chi connectivity index (χ4n) is 1.19. The van der Waals surface area contributed by atoms with E-state index >= 15 is 0 Å². The van der Waals surface area contributed by atoms with E-state index in [-0.39, 0.29) is 13.1 Å². The third kappa shape index (κ3) is 6.24. The van der Waals surface area contributed by atoms with Crippen LogP contribution < -0.4 is 10.6 Å². The van der Waals surface area contributed by atoms with E-state index in [9.17, 15) is 19.2 Å². The Hall–Kier alpha value is -2.32. The summed E-state index contributed by atoms with van der Waals surface area (Å²) < 4.78 is 0. The zero-order valence-corrected chi connectivity index (χ0v) is 10.7. The minimum atomic E-state index is -1.54. The Kier molecular flexibility index (Phi) is 6.94. The van der Waals surface area contributed by atoms with Crippen LogP contribution in [0.2, 0.25) is 0 Å². The van der Waals surface area contributed by atoms with Crippen LogP contribution in [0.15, 0.2) is 0 Å². The first-order valence-electron chi connectivity index (χ1n) is 5.52. The van der Waals surface area contributed by atoms with Crippen molar-refractivity contribution in [1.29, 1.82) is 0 Å². The minimum Gasteiger partial charge on any atom is -0.481 e. The molecule has 4 N–H and O–H groups in total. The Morgan fingerprint density at radius 3 is 2.16 bits per heavy atom. The summed E-state index contributed by atoms with van der Waals surface area (Å²) in [5.41, 5.74) is 0. The molecule has 0 bridgehead atoms. The van der Waals surface area contributed by atoms with Crippen LogP contribution in [0.1, 0.15) is 13.3 Å². The van der Waals surface area contributed by atoms with Crippen LogP contribution >= 0.6 is 0 Å². The summed E-state index contributed by atoms with van der Waals surface area (Å²) in [7, 11) is 1.40. The number of urea groups is 1. The van der Waals surface area contributed by atoms with E-state index in [1.807, 2.05) is 0 Å². The Balaban J connectivity index is 4.63. The molecule has 0 aliphatic heterocycles. The number of carboxylic acid groups (broad SMARTS) is 2. The Bertz CT molecular complexity index is 370. The Morgan fingerprint density at radius 2 is 1.79 bits per heavy atom. The van der Waals surface area contributed by atoms with Gasteiger partial charge in [-0.1, -0.05) is 0 Å². The fraction of sp³-hybridized carbons (Fsp3) is 0.600. The van der Waals surface area contributed by atoms with Crippen molar-refractivity contribution < 1.29 is 29.4 Å². The summed E-state index contributed by atoms with van der Waals surface area (Å²) >= 11 is 0. The molecule has 0 fully saturated rings. The van der Waals surface area contributed by atoms with Gasteiger partial charge in [-0.05, 0) is 6.92 Å². The molecule has 9 nitrogen and oxygen atoms in total. The molecule has 3 amide bonds. The number of hydrogen-bond donors (Lipinski definition) is 4. The zero-order valence-electron chi connectivity index (χ0n) is 10.7. The number of likely N-dealkylation sites (N-methyl/N-ethyl adjacent to an activating group) is 2. The van der Waals surface area contributed by atoms with Crippen molar-refractivity contribution in [2.75, 3.05) is 20.1 Å². The molecule has 0 aliphatic carbocycles. The maximum absolute atomic E-state index is 11.7. The standard InChI is InChI=1S/C10H17N3O6/c1-3-13(5-7(14)11-2)10(19)12-6(9(17)18)4-8(15)16/h6H,3-5H2,1-2H3,(H,11,14)(H,12,19)(H,15,16)(H,17,18). The summed E-state index contributed by atoms with van der Waals surface area (Å²) in [6, 6.07) is -2.34. The molecule has 0 spiro atoms. The topological polar surface area (TPSA) is 136 Å². The molecule has 0 heterocycles. The lowest BCUT2D eigenvalue weighted by molar-refractivity contribution is -0.145. The molecule has 0 aromatic heterocycles. The molecule has 0 radical (unpaired) electrons. The SMILES string of the molecule is CCN(CC(=O)NC)C(=O)NC(CC(=O)O)C(=O)O. The second kappa shape index (κ2) is 7.90. The summed E-state index contributed by atoms with van der Waals surface area (Å²) in [5, 5.41) is 21.7. The number of carboxylic acids is 2. The fourth-order valence-corrected chi connectivity index (χ4v) is 1.19. The van der Waals surface area contributed by atoms with Crippen LogP contribution in [0.25, 0.3) is 0 Å². The lowest BCUT2D eigenvalue weighted by atomic mass is 10.2. The van der Waals surface area contributed by atoms with Gasteiger partial charge >= 0.3 is 18.0 Å². The van der Waals surface area contributed by atoms with Crippen LogP contribution in [-0.2, 0) is 14.4 Å². The quantitative estimate of drug-likeness (QED) is 0.455. The smallest absolute Gasteiger partial charge is 0.326 e. The first-order chi connectivity index (χ1) is 8.81. The highest BCUT2D eigenvalue weighted by molar-refractivity contribution is 5.88. The van der Waals surface area contributed by atoms with Gasteiger partial charge in [0.05, 0.1) is 6.42 Å². The number of hydrogen-bond acceptors (Lipinski definition) is 4. The molecule has 108 valence electrons. The average Bonchev–Trinajstić information content (AvgIpc) is 2.33. The molecule has 0 saturated heterocycles. The highest BCUT2D eigenvalue weighted by atomic mass is 16.4. The van der Waals surface area contributed by atoms with E-state index in [2.05, 4.69) is 10.6 Å². The minimum absolute atomic E-state index is 0.179. The highest BCUT2D eigenvalue weighted by Gasteiger charge is 2.25. The van der Waals surface area contributed by atoms with Crippen molar-refractivity contribution in [3.05, 3.63) is 0 Å². The van der Waals surface area contributed by atoms with Gasteiger partial charge in [-0.3, -0.25) is 9.59 Å². The summed E-state index contributed by atoms with van der Waals surface area (Å²) in [5.74, 6) is -3.21. The molecule has 1 atom stereocenters. The van der Waals surface area contributed by atoms with E-state index in [4.69, 9.17) is 10.2 Å². The second-order valence-corrected chi connectivity index (χ2v) is 3.63. The molecular weight excluding hydrogens is 258 g/mol. The van der Waals surface area contributed by atoms with Gasteiger partial charge in [-0.15, -0.1) is 0 Å². The lowest BCUT2D eigenvalue weighted by Crippen LogP contribution is -2.50. The monoisotopic (exact) mass is 275 g/mol. The van der Waals surface area contributed by atoms with Gasteiger partial charge in [-0.2, -0.15) is 0 Å². The predicted octanol–water partition coefficient (Wildman–Crippen LogP) is -1.31. The molecule has 19 heavy (non-hydrogen) atoms. The predicted molar refractivity (Wildman–Crippen MR) is 63.5 cm³/mol. The Morgan fingerprint density at radius 1 is 1.21 bits per heavy atom. The maximum Gasteiger partial charge on any atom is 0.326 e. The van der Waals surface area contributed by atoms with Crippen molar-refractivity contribution in [3.8, 4) is 0 Å². The molecule has 9 heteroatoms. The van der Waals surface area contributed by atoms with E-state index in [1.54, 1.807) is 6.92 Å². The van der Waals surface area contributed by atoms with E-state index in [0.717, 1.165) is 4.90 Å². The van der Waals surface area contributed by atoms with Crippen molar-refractivity contribution in [2.24, 2.45) is 0 Å². The second-order valence-electron chi connectivity index (χ2n) is 3.63. The number of nitrogens with one attached hydrogen (secondary N) is 2. The van der Waals surface area contributed by atoms with Gasteiger partial charge in [0.25, 0.3) is 0 Å². The van der Waals surface area contributed by atoms with Gasteiger partial charge < -0.3 is 25.7 Å². The molecule has 0 rings (SSSR count). The summed E-state index contributed by atoms with van der Waals surface area (Å²) in [6.07, 6.45) is -0.737. The number of nitrogens with zero attached hydrogens (tertiary/aromatic N) is 1. The van der Waals surface area contributed by atoms with Crippen LogP contribution in [0.3, 0.4) is 0 Å². The number of amides is 3. The third-order valence-corrected chi connectivity index (χ3v) is 2.26. The number of carbonyl (C=O) groups is 4. The van der Waals surface area contributed by atoms with Crippen molar-refractivity contribution >= 4 is 23.9 Å². The highest BCUT2D eigenvalue weighted by Crippen LogP contribution is 1.96. The third-order valence-electron chi connectivity index (χ3n) is 2.26. The zero-order chi connectivity index (χ0) is 15.0. The van der Waals surface area contributed by atoms with E-state index in [0.29, 0.717) is 0 Å². The van der Waals surface area contributed by atoms with Crippen LogP contribution in [-0.4, -0.2) is 65.2 Å². The lowest BCUT2D eigenvalue weighted by Gasteiger charge is -2.22.